The molecule has 1 aromatic carbocycles. The third-order valence-corrected chi connectivity index (χ3v) is 5.72. The molecule has 1 aliphatic rings. The van der Waals surface area contributed by atoms with Gasteiger partial charge >= 0.3 is 0 Å². The minimum Gasteiger partial charge on any atom is -0.241 e. The van der Waals surface area contributed by atoms with Crippen molar-refractivity contribution in [2.45, 2.75) is 30.6 Å². The fraction of sp³-hybridized carbons (Fsp3) is 0.400. The Morgan fingerprint density at radius 2 is 1.62 bits per heavy atom. The highest BCUT2D eigenvalue weighted by Gasteiger charge is 2.24. The summed E-state index contributed by atoms with van der Waals surface area (Å²) in [6.45, 7) is 1.26. The summed E-state index contributed by atoms with van der Waals surface area (Å²) in [5, 5.41) is 4.14. The van der Waals surface area contributed by atoms with E-state index >= 15 is 0 Å². The zero-order valence-electron chi connectivity index (χ0n) is 11.9. The van der Waals surface area contributed by atoms with E-state index in [0.29, 0.717) is 18.0 Å². The van der Waals surface area contributed by atoms with E-state index in [1.807, 2.05) is 12.3 Å². The standard InChI is InChI=1S/C15H19N3O2S/c19-21(20,17-11-3-1-2-4-12-17)15-8-6-14(7-9-15)18-13-5-10-16-18/h5-10,13H,1-4,11-12H2. The van der Waals surface area contributed by atoms with Crippen molar-refractivity contribution in [1.29, 1.82) is 0 Å². The van der Waals surface area contributed by atoms with E-state index in [1.165, 1.54) is 0 Å². The van der Waals surface area contributed by atoms with Crippen LogP contribution in [0.3, 0.4) is 0 Å². The number of aromatic nitrogens is 2. The van der Waals surface area contributed by atoms with Crippen LogP contribution in [0.2, 0.25) is 0 Å². The molecule has 0 saturated carbocycles. The number of hydrogen-bond acceptors (Lipinski definition) is 3. The summed E-state index contributed by atoms with van der Waals surface area (Å²) in [6, 6.07) is 8.74. The van der Waals surface area contributed by atoms with Gasteiger partial charge in [0, 0.05) is 25.5 Å². The zero-order chi connectivity index (χ0) is 14.7. The van der Waals surface area contributed by atoms with E-state index in [1.54, 1.807) is 39.4 Å². The fourth-order valence-electron chi connectivity index (χ4n) is 2.62. The van der Waals surface area contributed by atoms with Gasteiger partial charge in [-0.15, -0.1) is 0 Å². The third kappa shape index (κ3) is 3.01. The number of nitrogens with zero attached hydrogens (tertiary/aromatic N) is 3. The number of benzene rings is 1. The summed E-state index contributed by atoms with van der Waals surface area (Å²) in [5.41, 5.74) is 0.856. The molecule has 0 bridgehead atoms. The molecular weight excluding hydrogens is 286 g/mol. The third-order valence-electron chi connectivity index (χ3n) is 3.81. The SMILES string of the molecule is O=S(=O)(c1ccc(-n2cccn2)cc1)N1CCCCCC1. The normalized spacial score (nSPS) is 17.5. The molecule has 0 amide bonds. The maximum absolute atomic E-state index is 12.6. The van der Waals surface area contributed by atoms with Crippen LogP contribution in [0, 0.1) is 0 Å². The van der Waals surface area contributed by atoms with Crippen LogP contribution in [0.4, 0.5) is 0 Å². The molecule has 1 saturated heterocycles. The first-order valence-electron chi connectivity index (χ1n) is 7.28. The second kappa shape index (κ2) is 5.99. The Morgan fingerprint density at radius 3 is 2.19 bits per heavy atom. The summed E-state index contributed by atoms with van der Waals surface area (Å²) < 4.78 is 28.6. The Kier molecular flexibility index (Phi) is 4.07. The average Bonchev–Trinajstić information content (AvgIpc) is 2.89. The quantitative estimate of drug-likeness (QED) is 0.875. The Labute approximate surface area is 125 Å². The van der Waals surface area contributed by atoms with Gasteiger partial charge in [-0.3, -0.25) is 0 Å². The molecule has 0 atom stereocenters. The molecule has 2 aromatic rings. The Morgan fingerprint density at radius 1 is 0.952 bits per heavy atom. The molecule has 2 heterocycles. The molecule has 6 heteroatoms. The molecule has 0 aliphatic carbocycles. The summed E-state index contributed by atoms with van der Waals surface area (Å²) in [6.07, 6.45) is 7.66. The van der Waals surface area contributed by atoms with Gasteiger partial charge in [0.15, 0.2) is 0 Å². The lowest BCUT2D eigenvalue weighted by Gasteiger charge is -2.20. The summed E-state index contributed by atoms with van der Waals surface area (Å²) in [7, 11) is -3.37. The van der Waals surface area contributed by atoms with Crippen LogP contribution in [0.5, 0.6) is 0 Å². The lowest BCUT2D eigenvalue weighted by Crippen LogP contribution is -2.31. The summed E-state index contributed by atoms with van der Waals surface area (Å²) >= 11 is 0. The Hall–Kier alpha value is -1.66. The summed E-state index contributed by atoms with van der Waals surface area (Å²) in [5.74, 6) is 0. The van der Waals surface area contributed by atoms with E-state index in [-0.39, 0.29) is 0 Å². The van der Waals surface area contributed by atoms with Crippen molar-refractivity contribution in [1.82, 2.24) is 14.1 Å². The van der Waals surface area contributed by atoms with Gasteiger partial charge in [-0.1, -0.05) is 12.8 Å². The monoisotopic (exact) mass is 305 g/mol. The van der Waals surface area contributed by atoms with Crippen LogP contribution < -0.4 is 0 Å². The molecule has 1 aromatic heterocycles. The lowest BCUT2D eigenvalue weighted by molar-refractivity contribution is 0.423. The van der Waals surface area contributed by atoms with Crippen molar-refractivity contribution in [2.24, 2.45) is 0 Å². The van der Waals surface area contributed by atoms with Crippen molar-refractivity contribution >= 4 is 10.0 Å². The maximum Gasteiger partial charge on any atom is 0.243 e. The van der Waals surface area contributed by atoms with Crippen LogP contribution in [0.25, 0.3) is 5.69 Å². The van der Waals surface area contributed by atoms with Crippen molar-refractivity contribution in [3.63, 3.8) is 0 Å². The minimum absolute atomic E-state index is 0.361. The van der Waals surface area contributed by atoms with Gasteiger partial charge in [-0.05, 0) is 43.2 Å². The van der Waals surface area contributed by atoms with Crippen molar-refractivity contribution in [3.05, 3.63) is 42.7 Å². The van der Waals surface area contributed by atoms with Gasteiger partial charge in [-0.2, -0.15) is 9.40 Å². The molecule has 3 rings (SSSR count). The van der Waals surface area contributed by atoms with Gasteiger partial charge in [-0.25, -0.2) is 13.1 Å². The van der Waals surface area contributed by atoms with E-state index in [2.05, 4.69) is 5.10 Å². The molecule has 0 spiro atoms. The highest BCUT2D eigenvalue weighted by molar-refractivity contribution is 7.89. The molecule has 0 N–H and O–H groups in total. The Bertz CT molecular complexity index is 670. The van der Waals surface area contributed by atoms with E-state index < -0.39 is 10.0 Å². The smallest absolute Gasteiger partial charge is 0.241 e. The topological polar surface area (TPSA) is 55.2 Å². The van der Waals surface area contributed by atoms with Crippen LogP contribution in [-0.2, 0) is 10.0 Å². The van der Waals surface area contributed by atoms with E-state index in [0.717, 1.165) is 31.4 Å². The van der Waals surface area contributed by atoms with Crippen molar-refractivity contribution < 1.29 is 8.42 Å². The maximum atomic E-state index is 12.6. The molecule has 5 nitrogen and oxygen atoms in total. The minimum atomic E-state index is -3.37. The highest BCUT2D eigenvalue weighted by Crippen LogP contribution is 2.21. The van der Waals surface area contributed by atoms with Crippen molar-refractivity contribution in [2.75, 3.05) is 13.1 Å². The highest BCUT2D eigenvalue weighted by atomic mass is 32.2. The molecule has 112 valence electrons. The van der Waals surface area contributed by atoms with Crippen LogP contribution in [0.15, 0.2) is 47.6 Å². The summed E-state index contributed by atoms with van der Waals surface area (Å²) in [4.78, 5) is 0.361. The molecular formula is C15H19N3O2S. The predicted octanol–water partition coefficient (Wildman–Crippen LogP) is 2.44. The number of sulfonamides is 1. The van der Waals surface area contributed by atoms with Crippen LogP contribution in [-0.4, -0.2) is 35.6 Å². The lowest BCUT2D eigenvalue weighted by atomic mass is 10.2. The molecule has 0 unspecified atom stereocenters. The molecule has 1 fully saturated rings. The second-order valence-corrected chi connectivity index (χ2v) is 7.20. The van der Waals surface area contributed by atoms with Gasteiger partial charge in [0.25, 0.3) is 0 Å². The van der Waals surface area contributed by atoms with Gasteiger partial charge in [0.2, 0.25) is 10.0 Å². The average molecular weight is 305 g/mol. The van der Waals surface area contributed by atoms with E-state index in [9.17, 15) is 8.42 Å². The first-order valence-corrected chi connectivity index (χ1v) is 8.72. The van der Waals surface area contributed by atoms with Crippen LogP contribution >= 0.6 is 0 Å². The second-order valence-electron chi connectivity index (χ2n) is 5.26. The molecule has 21 heavy (non-hydrogen) atoms. The molecule has 1 aliphatic heterocycles. The van der Waals surface area contributed by atoms with Crippen LogP contribution in [0.1, 0.15) is 25.7 Å². The van der Waals surface area contributed by atoms with Crippen molar-refractivity contribution in [3.8, 4) is 5.69 Å². The zero-order valence-corrected chi connectivity index (χ0v) is 12.7. The Balaban J connectivity index is 1.85. The number of hydrogen-bond donors (Lipinski definition) is 0. The molecule has 0 radical (unpaired) electrons. The van der Waals surface area contributed by atoms with Gasteiger partial charge in [0.1, 0.15) is 0 Å². The predicted molar refractivity (Wildman–Crippen MR) is 80.8 cm³/mol. The largest absolute Gasteiger partial charge is 0.243 e. The van der Waals surface area contributed by atoms with Gasteiger partial charge in [0.05, 0.1) is 10.6 Å². The number of rotatable bonds is 3. The van der Waals surface area contributed by atoms with Gasteiger partial charge < -0.3 is 0 Å². The first-order chi connectivity index (χ1) is 10.2. The van der Waals surface area contributed by atoms with E-state index in [4.69, 9.17) is 0 Å². The first kappa shape index (κ1) is 14.3. The fourth-order valence-corrected chi connectivity index (χ4v) is 4.14.